The Morgan fingerprint density at radius 2 is 1.93 bits per heavy atom. The van der Waals surface area contributed by atoms with Crippen molar-refractivity contribution in [3.05, 3.63) is 0 Å². The van der Waals surface area contributed by atoms with Gasteiger partial charge in [0.2, 0.25) is 5.91 Å². The van der Waals surface area contributed by atoms with Crippen molar-refractivity contribution in [2.45, 2.75) is 46.3 Å². The topological polar surface area (TPSA) is 66.6 Å². The average molecular weight is 216 g/mol. The maximum absolute atomic E-state index is 11.9. The highest BCUT2D eigenvalue weighted by Crippen LogP contribution is 2.09. The van der Waals surface area contributed by atoms with Gasteiger partial charge in [0.05, 0.1) is 11.6 Å². The molecule has 0 saturated carbocycles. The van der Waals surface area contributed by atoms with Gasteiger partial charge in [-0.3, -0.25) is 4.79 Å². The van der Waals surface area contributed by atoms with E-state index < -0.39 is 11.6 Å². The third kappa shape index (κ3) is 5.14. The molecule has 0 spiro atoms. The Bertz CT molecular complexity index is 209. The predicted molar refractivity (Wildman–Crippen MR) is 61.4 cm³/mol. The minimum Gasteiger partial charge on any atom is -0.389 e. The largest absolute Gasteiger partial charge is 0.389 e. The highest BCUT2D eigenvalue weighted by molar-refractivity contribution is 5.81. The van der Waals surface area contributed by atoms with E-state index in [9.17, 15) is 9.90 Å². The Kier molecular flexibility index (Phi) is 5.24. The number of carbonyl (C=O) groups excluding carboxylic acids is 1. The van der Waals surface area contributed by atoms with Gasteiger partial charge in [-0.15, -0.1) is 0 Å². The first-order valence-corrected chi connectivity index (χ1v) is 5.45. The van der Waals surface area contributed by atoms with Crippen LogP contribution in [0.4, 0.5) is 0 Å². The van der Waals surface area contributed by atoms with Gasteiger partial charge in [0.1, 0.15) is 0 Å². The van der Waals surface area contributed by atoms with Gasteiger partial charge in [0, 0.05) is 13.1 Å². The molecule has 4 heteroatoms. The molecular weight excluding hydrogens is 192 g/mol. The Morgan fingerprint density at radius 1 is 1.47 bits per heavy atom. The molecule has 0 rings (SSSR count). The monoisotopic (exact) mass is 216 g/mol. The van der Waals surface area contributed by atoms with Crippen LogP contribution in [0.1, 0.15) is 34.6 Å². The van der Waals surface area contributed by atoms with Gasteiger partial charge in [0.15, 0.2) is 0 Å². The van der Waals surface area contributed by atoms with Crippen LogP contribution >= 0.6 is 0 Å². The lowest BCUT2D eigenvalue weighted by atomic mass is 10.0. The molecule has 0 aliphatic rings. The molecule has 4 nitrogen and oxygen atoms in total. The molecule has 1 amide bonds. The van der Waals surface area contributed by atoms with Crippen LogP contribution in [-0.4, -0.2) is 40.6 Å². The second kappa shape index (κ2) is 5.47. The van der Waals surface area contributed by atoms with Gasteiger partial charge in [-0.25, -0.2) is 0 Å². The summed E-state index contributed by atoms with van der Waals surface area (Å²) in [6.45, 7) is 9.98. The number of hydrogen-bond acceptors (Lipinski definition) is 3. The van der Waals surface area contributed by atoms with Crippen molar-refractivity contribution in [2.75, 3.05) is 13.1 Å². The van der Waals surface area contributed by atoms with E-state index in [2.05, 4.69) is 0 Å². The van der Waals surface area contributed by atoms with Crippen LogP contribution in [0.5, 0.6) is 0 Å². The predicted octanol–water partition coefficient (Wildman–Crippen LogP) is 0.589. The summed E-state index contributed by atoms with van der Waals surface area (Å²) in [4.78, 5) is 13.5. The van der Waals surface area contributed by atoms with Crippen LogP contribution < -0.4 is 5.73 Å². The fourth-order valence-corrected chi connectivity index (χ4v) is 1.31. The lowest BCUT2D eigenvalue weighted by Gasteiger charge is -2.31. The fraction of sp³-hybridized carbons (Fsp3) is 0.909. The molecule has 0 aliphatic carbocycles. The highest BCUT2D eigenvalue weighted by Gasteiger charge is 2.26. The lowest BCUT2D eigenvalue weighted by Crippen LogP contribution is -2.50. The first kappa shape index (κ1) is 14.4. The molecule has 3 N–H and O–H groups in total. The smallest absolute Gasteiger partial charge is 0.239 e. The van der Waals surface area contributed by atoms with Gasteiger partial charge in [0.25, 0.3) is 0 Å². The molecular formula is C11H24N2O2. The van der Waals surface area contributed by atoms with Crippen molar-refractivity contribution < 1.29 is 9.90 Å². The van der Waals surface area contributed by atoms with Crippen molar-refractivity contribution in [2.24, 2.45) is 11.7 Å². The molecule has 0 radical (unpaired) electrons. The van der Waals surface area contributed by atoms with E-state index in [0.717, 1.165) is 0 Å². The molecule has 90 valence electrons. The molecule has 0 bridgehead atoms. The number of nitrogens with two attached hydrogens (primary N) is 1. The number of amides is 1. The highest BCUT2D eigenvalue weighted by atomic mass is 16.3. The average Bonchev–Trinajstić information content (AvgIpc) is 2.10. The van der Waals surface area contributed by atoms with Gasteiger partial charge in [-0.1, -0.05) is 13.8 Å². The summed E-state index contributed by atoms with van der Waals surface area (Å²) >= 11 is 0. The standard InChI is InChI=1S/C11H24N2O2/c1-6-13(7-11(4,5)15)10(14)9(12)8(2)3/h8-9,15H,6-7,12H2,1-5H3/t9-/m1/s1. The Hall–Kier alpha value is -0.610. The summed E-state index contributed by atoms with van der Waals surface area (Å²) in [7, 11) is 0. The van der Waals surface area contributed by atoms with Crippen molar-refractivity contribution >= 4 is 5.91 Å². The molecule has 0 unspecified atom stereocenters. The molecule has 15 heavy (non-hydrogen) atoms. The van der Waals surface area contributed by atoms with E-state index in [0.29, 0.717) is 13.1 Å². The van der Waals surface area contributed by atoms with E-state index in [4.69, 9.17) is 5.73 Å². The third-order valence-electron chi connectivity index (χ3n) is 2.27. The van der Waals surface area contributed by atoms with E-state index in [1.165, 1.54) is 0 Å². The zero-order valence-electron chi connectivity index (χ0n) is 10.4. The second-order valence-corrected chi connectivity index (χ2v) is 4.93. The van der Waals surface area contributed by atoms with Crippen LogP contribution in [0.25, 0.3) is 0 Å². The summed E-state index contributed by atoms with van der Waals surface area (Å²) in [6.07, 6.45) is 0. The summed E-state index contributed by atoms with van der Waals surface area (Å²) in [5.74, 6) is 0.0305. The molecule has 0 aliphatic heterocycles. The summed E-state index contributed by atoms with van der Waals surface area (Å²) in [6, 6.07) is -0.479. The Balaban J connectivity index is 4.48. The van der Waals surface area contributed by atoms with E-state index in [1.54, 1.807) is 18.7 Å². The first-order chi connectivity index (χ1) is 6.69. The number of aliphatic hydroxyl groups is 1. The molecule has 0 fully saturated rings. The van der Waals surface area contributed by atoms with Gasteiger partial charge in [-0.05, 0) is 26.7 Å². The molecule has 0 aromatic rings. The van der Waals surface area contributed by atoms with Gasteiger partial charge < -0.3 is 15.7 Å². The Morgan fingerprint density at radius 3 is 2.20 bits per heavy atom. The number of carbonyl (C=O) groups is 1. The molecule has 0 heterocycles. The van der Waals surface area contributed by atoms with Crippen molar-refractivity contribution in [3.63, 3.8) is 0 Å². The summed E-state index contributed by atoms with van der Waals surface area (Å²) in [5.41, 5.74) is 4.91. The van der Waals surface area contributed by atoms with Crippen LogP contribution in [0.15, 0.2) is 0 Å². The zero-order chi connectivity index (χ0) is 12.2. The molecule has 0 aromatic heterocycles. The number of hydrogen-bond donors (Lipinski definition) is 2. The fourth-order valence-electron chi connectivity index (χ4n) is 1.31. The van der Waals surface area contributed by atoms with Crippen molar-refractivity contribution in [1.29, 1.82) is 0 Å². The minimum absolute atomic E-state index is 0.0883. The quantitative estimate of drug-likeness (QED) is 0.707. The maximum Gasteiger partial charge on any atom is 0.239 e. The zero-order valence-corrected chi connectivity index (χ0v) is 10.4. The van der Waals surface area contributed by atoms with Gasteiger partial charge >= 0.3 is 0 Å². The molecule has 1 atom stereocenters. The van der Waals surface area contributed by atoms with Crippen molar-refractivity contribution in [1.82, 2.24) is 4.90 Å². The molecule has 0 saturated heterocycles. The molecule has 0 aromatic carbocycles. The normalized spacial score (nSPS) is 14.1. The van der Waals surface area contributed by atoms with Crippen molar-refractivity contribution in [3.8, 4) is 0 Å². The lowest BCUT2D eigenvalue weighted by molar-refractivity contribution is -0.136. The van der Waals surface area contributed by atoms with Gasteiger partial charge in [-0.2, -0.15) is 0 Å². The van der Waals surface area contributed by atoms with Crippen LogP contribution in [0.2, 0.25) is 0 Å². The number of likely N-dealkylation sites (N-methyl/N-ethyl adjacent to an activating group) is 1. The third-order valence-corrected chi connectivity index (χ3v) is 2.27. The summed E-state index contributed by atoms with van der Waals surface area (Å²) < 4.78 is 0. The first-order valence-electron chi connectivity index (χ1n) is 5.45. The van der Waals surface area contributed by atoms with Crippen LogP contribution in [-0.2, 0) is 4.79 Å². The maximum atomic E-state index is 11.9. The van der Waals surface area contributed by atoms with E-state index >= 15 is 0 Å². The van der Waals surface area contributed by atoms with Crippen LogP contribution in [0.3, 0.4) is 0 Å². The van der Waals surface area contributed by atoms with E-state index in [1.807, 2.05) is 20.8 Å². The number of nitrogens with zero attached hydrogens (tertiary/aromatic N) is 1. The minimum atomic E-state index is -0.873. The summed E-state index contributed by atoms with van der Waals surface area (Å²) in [5, 5.41) is 9.65. The van der Waals surface area contributed by atoms with Crippen LogP contribution in [0, 0.1) is 5.92 Å². The number of rotatable bonds is 5. The van der Waals surface area contributed by atoms with E-state index in [-0.39, 0.29) is 11.8 Å². The second-order valence-electron chi connectivity index (χ2n) is 4.93. The SMILES string of the molecule is CCN(CC(C)(C)O)C(=O)[C@H](N)C(C)C. The Labute approximate surface area is 92.4 Å².